The molecular weight excluding hydrogens is 352 g/mol. The van der Waals surface area contributed by atoms with Crippen LogP contribution < -0.4 is 10.2 Å². The third-order valence-corrected chi connectivity index (χ3v) is 5.91. The van der Waals surface area contributed by atoms with E-state index < -0.39 is 0 Å². The van der Waals surface area contributed by atoms with Crippen molar-refractivity contribution < 1.29 is 9.59 Å². The fourth-order valence-corrected chi connectivity index (χ4v) is 4.29. The predicted octanol–water partition coefficient (Wildman–Crippen LogP) is 4.65. The zero-order chi connectivity index (χ0) is 17.2. The molecule has 2 aromatic heterocycles. The van der Waals surface area contributed by atoms with Gasteiger partial charge in [-0.2, -0.15) is 0 Å². The van der Waals surface area contributed by atoms with E-state index in [1.54, 1.807) is 6.07 Å². The van der Waals surface area contributed by atoms with Crippen LogP contribution in [-0.4, -0.2) is 18.4 Å². The van der Waals surface area contributed by atoms with E-state index in [9.17, 15) is 9.59 Å². The number of fused-ring (bicyclic) bond motifs is 1. The highest BCUT2D eigenvalue weighted by atomic mass is 32.1. The summed E-state index contributed by atoms with van der Waals surface area (Å²) in [5.74, 6) is -0.0976. The number of aryl methyl sites for hydroxylation is 1. The smallest absolute Gasteiger partial charge is 0.268 e. The van der Waals surface area contributed by atoms with Gasteiger partial charge in [0.05, 0.1) is 9.75 Å². The molecule has 3 aromatic rings. The molecule has 0 radical (unpaired) electrons. The first-order valence-electron chi connectivity index (χ1n) is 8.05. The van der Waals surface area contributed by atoms with E-state index in [1.165, 1.54) is 22.7 Å². The molecule has 0 aliphatic carbocycles. The number of carbonyl (C=O) groups excluding carboxylic acids is 2. The molecule has 25 heavy (non-hydrogen) atoms. The predicted molar refractivity (Wildman–Crippen MR) is 103 cm³/mol. The Kier molecular flexibility index (Phi) is 4.38. The van der Waals surface area contributed by atoms with Gasteiger partial charge in [0.2, 0.25) is 0 Å². The number of carbonyl (C=O) groups is 2. The fraction of sp³-hybridized carbons (Fsp3) is 0.158. The first-order valence-corrected chi connectivity index (χ1v) is 9.81. The number of rotatable bonds is 3. The van der Waals surface area contributed by atoms with E-state index in [0.29, 0.717) is 17.1 Å². The maximum absolute atomic E-state index is 12.8. The van der Waals surface area contributed by atoms with Crippen molar-refractivity contribution >= 4 is 45.9 Å². The van der Waals surface area contributed by atoms with Crippen molar-refractivity contribution in [3.63, 3.8) is 0 Å². The summed E-state index contributed by atoms with van der Waals surface area (Å²) >= 11 is 2.86. The summed E-state index contributed by atoms with van der Waals surface area (Å²) in [5, 5.41) is 6.72. The molecule has 0 saturated heterocycles. The van der Waals surface area contributed by atoms with Crippen LogP contribution >= 0.6 is 22.7 Å². The summed E-state index contributed by atoms with van der Waals surface area (Å²) in [6.45, 7) is 0.700. The van der Waals surface area contributed by atoms with Crippen LogP contribution in [0.1, 0.15) is 31.3 Å². The number of anilines is 2. The summed E-state index contributed by atoms with van der Waals surface area (Å²) < 4.78 is 0. The number of benzene rings is 1. The standard InChI is InChI=1S/C19H16N2O2S2/c22-18(16-5-2-10-24-16)20-14-8-7-13-4-1-9-21(15(13)12-14)19(23)17-6-3-11-25-17/h2-3,5-8,10-12H,1,4,9H2,(H,20,22). The van der Waals surface area contributed by atoms with Gasteiger partial charge in [-0.25, -0.2) is 0 Å². The van der Waals surface area contributed by atoms with Gasteiger partial charge in [-0.1, -0.05) is 18.2 Å². The van der Waals surface area contributed by atoms with E-state index in [2.05, 4.69) is 5.32 Å². The van der Waals surface area contributed by atoms with E-state index in [4.69, 9.17) is 0 Å². The van der Waals surface area contributed by atoms with Gasteiger partial charge in [-0.05, 0) is 53.4 Å². The SMILES string of the molecule is O=C(Nc1ccc2c(c1)N(C(=O)c1cccs1)CCC2)c1cccs1. The number of nitrogens with zero attached hydrogens (tertiary/aromatic N) is 1. The molecule has 0 saturated carbocycles. The van der Waals surface area contributed by atoms with Gasteiger partial charge in [-0.15, -0.1) is 22.7 Å². The molecule has 0 fully saturated rings. The Bertz CT molecular complexity index is 902. The summed E-state index contributed by atoms with van der Waals surface area (Å²) in [6, 6.07) is 13.2. The summed E-state index contributed by atoms with van der Waals surface area (Å²) in [5.41, 5.74) is 2.75. The molecule has 0 bridgehead atoms. The summed E-state index contributed by atoms with van der Waals surface area (Å²) in [4.78, 5) is 28.3. The lowest BCUT2D eigenvalue weighted by atomic mass is 10.0. The molecule has 4 nitrogen and oxygen atoms in total. The Morgan fingerprint density at radius 2 is 1.76 bits per heavy atom. The van der Waals surface area contributed by atoms with E-state index in [-0.39, 0.29) is 11.8 Å². The fourth-order valence-electron chi connectivity index (χ4n) is 3.00. The summed E-state index contributed by atoms with van der Waals surface area (Å²) in [6.07, 6.45) is 1.90. The summed E-state index contributed by atoms with van der Waals surface area (Å²) in [7, 11) is 0. The van der Waals surface area contributed by atoms with Crippen molar-refractivity contribution in [2.75, 3.05) is 16.8 Å². The van der Waals surface area contributed by atoms with Crippen molar-refractivity contribution in [3.8, 4) is 0 Å². The zero-order valence-corrected chi connectivity index (χ0v) is 15.0. The number of amides is 2. The highest BCUT2D eigenvalue weighted by Gasteiger charge is 2.24. The Hall–Kier alpha value is -2.44. The van der Waals surface area contributed by atoms with Gasteiger partial charge < -0.3 is 10.2 Å². The van der Waals surface area contributed by atoms with Gasteiger partial charge >= 0.3 is 0 Å². The van der Waals surface area contributed by atoms with Crippen LogP contribution in [-0.2, 0) is 6.42 Å². The van der Waals surface area contributed by atoms with Crippen molar-refractivity contribution in [1.29, 1.82) is 0 Å². The third kappa shape index (κ3) is 3.23. The second kappa shape index (κ2) is 6.82. The van der Waals surface area contributed by atoms with Gasteiger partial charge in [0, 0.05) is 17.9 Å². The molecule has 0 spiro atoms. The molecule has 3 heterocycles. The molecule has 1 aromatic carbocycles. The van der Waals surface area contributed by atoms with Crippen LogP contribution in [0.4, 0.5) is 11.4 Å². The molecule has 1 aliphatic rings. The highest BCUT2D eigenvalue weighted by molar-refractivity contribution is 7.12. The molecule has 2 amide bonds. The van der Waals surface area contributed by atoms with Crippen LogP contribution in [0, 0.1) is 0 Å². The Morgan fingerprint density at radius 1 is 1.00 bits per heavy atom. The van der Waals surface area contributed by atoms with Gasteiger partial charge in [0.1, 0.15) is 0 Å². The van der Waals surface area contributed by atoms with Crippen molar-refractivity contribution in [2.24, 2.45) is 0 Å². The number of hydrogen-bond acceptors (Lipinski definition) is 4. The molecule has 1 aliphatic heterocycles. The molecule has 6 heteroatoms. The second-order valence-electron chi connectivity index (χ2n) is 5.81. The Balaban J connectivity index is 1.62. The minimum Gasteiger partial charge on any atom is -0.321 e. The van der Waals surface area contributed by atoms with Crippen LogP contribution in [0.5, 0.6) is 0 Å². The molecule has 1 N–H and O–H groups in total. The number of thiophene rings is 2. The topological polar surface area (TPSA) is 49.4 Å². The average Bonchev–Trinajstić information content (AvgIpc) is 3.34. The molecule has 126 valence electrons. The van der Waals surface area contributed by atoms with Gasteiger partial charge in [0.25, 0.3) is 11.8 Å². The normalized spacial score (nSPS) is 13.4. The lowest BCUT2D eigenvalue weighted by molar-refractivity contribution is 0.0988. The average molecular weight is 368 g/mol. The largest absolute Gasteiger partial charge is 0.321 e. The quantitative estimate of drug-likeness (QED) is 0.731. The molecular formula is C19H16N2O2S2. The molecule has 0 unspecified atom stereocenters. The van der Waals surface area contributed by atoms with Crippen LogP contribution in [0.25, 0.3) is 0 Å². The van der Waals surface area contributed by atoms with E-state index in [0.717, 1.165) is 29.0 Å². The van der Waals surface area contributed by atoms with Crippen LogP contribution in [0.15, 0.2) is 53.2 Å². The minimum absolute atomic E-state index is 0.0256. The highest BCUT2D eigenvalue weighted by Crippen LogP contribution is 2.32. The zero-order valence-electron chi connectivity index (χ0n) is 13.4. The Morgan fingerprint density at radius 3 is 2.48 bits per heavy atom. The van der Waals surface area contributed by atoms with Gasteiger partial charge in [0.15, 0.2) is 0 Å². The minimum atomic E-state index is -0.123. The number of hydrogen-bond donors (Lipinski definition) is 1. The van der Waals surface area contributed by atoms with E-state index >= 15 is 0 Å². The van der Waals surface area contributed by atoms with Crippen molar-refractivity contribution in [1.82, 2.24) is 0 Å². The third-order valence-electron chi connectivity index (χ3n) is 4.18. The molecule has 4 rings (SSSR count). The van der Waals surface area contributed by atoms with Crippen molar-refractivity contribution in [3.05, 3.63) is 68.5 Å². The maximum atomic E-state index is 12.8. The van der Waals surface area contributed by atoms with E-state index in [1.807, 2.05) is 52.1 Å². The monoisotopic (exact) mass is 368 g/mol. The van der Waals surface area contributed by atoms with Crippen molar-refractivity contribution in [2.45, 2.75) is 12.8 Å². The first kappa shape index (κ1) is 16.1. The lowest BCUT2D eigenvalue weighted by Gasteiger charge is -2.29. The Labute approximate surface area is 153 Å². The first-order chi connectivity index (χ1) is 12.2. The maximum Gasteiger partial charge on any atom is 0.268 e. The molecule has 0 atom stereocenters. The lowest BCUT2D eigenvalue weighted by Crippen LogP contribution is -2.35. The number of nitrogens with one attached hydrogen (secondary N) is 1. The van der Waals surface area contributed by atoms with Crippen LogP contribution in [0.3, 0.4) is 0 Å². The second-order valence-corrected chi connectivity index (χ2v) is 7.71. The van der Waals surface area contributed by atoms with Crippen LogP contribution in [0.2, 0.25) is 0 Å². The van der Waals surface area contributed by atoms with Gasteiger partial charge in [-0.3, -0.25) is 9.59 Å².